The molecular weight excluding hydrogens is 278 g/mol. The molecule has 2 amide bonds. The molecule has 2 aliphatic rings. The Hall–Kier alpha value is -1.36. The van der Waals surface area contributed by atoms with E-state index in [2.05, 4.69) is 16.7 Å². The number of nitrogens with one attached hydrogen (secondary N) is 3. The van der Waals surface area contributed by atoms with Gasteiger partial charge in [0.05, 0.1) is 7.05 Å². The SMILES string of the molecule is C[C@H](C(=O)NCCC1=CCCCC1)[NH+](C)CC(=O)NC1CC1. The number of rotatable bonds is 8. The lowest BCUT2D eigenvalue weighted by atomic mass is 9.97. The summed E-state index contributed by atoms with van der Waals surface area (Å²) in [5, 5.41) is 5.97. The van der Waals surface area contributed by atoms with Gasteiger partial charge in [0.15, 0.2) is 12.6 Å². The number of allylic oxidation sites excluding steroid dienone is 1. The van der Waals surface area contributed by atoms with E-state index in [9.17, 15) is 9.59 Å². The average molecular weight is 308 g/mol. The Morgan fingerprint density at radius 1 is 1.36 bits per heavy atom. The van der Waals surface area contributed by atoms with Gasteiger partial charge in [-0.15, -0.1) is 0 Å². The summed E-state index contributed by atoms with van der Waals surface area (Å²) in [6.45, 7) is 2.95. The standard InChI is InChI=1S/C17H29N3O2/c1-13(20(2)12-16(21)19-15-8-9-15)17(22)18-11-10-14-6-4-3-5-7-14/h6,13,15H,3-5,7-12H2,1-2H3,(H,18,22)(H,19,21)/p+1/t13-/m1/s1. The molecule has 124 valence electrons. The van der Waals surface area contributed by atoms with E-state index in [1.807, 2.05) is 14.0 Å². The lowest BCUT2D eigenvalue weighted by Crippen LogP contribution is -3.15. The van der Waals surface area contributed by atoms with Gasteiger partial charge in [-0.05, 0) is 51.9 Å². The van der Waals surface area contributed by atoms with Crippen LogP contribution >= 0.6 is 0 Å². The van der Waals surface area contributed by atoms with E-state index >= 15 is 0 Å². The van der Waals surface area contributed by atoms with Gasteiger partial charge in [0, 0.05) is 12.6 Å². The predicted molar refractivity (Wildman–Crippen MR) is 86.6 cm³/mol. The Kier molecular flexibility index (Phi) is 6.43. The summed E-state index contributed by atoms with van der Waals surface area (Å²) in [6, 6.07) is 0.179. The van der Waals surface area contributed by atoms with Crippen LogP contribution < -0.4 is 15.5 Å². The average Bonchev–Trinajstić information content (AvgIpc) is 3.31. The van der Waals surface area contributed by atoms with Crippen LogP contribution in [0, 0.1) is 0 Å². The first-order valence-electron chi connectivity index (χ1n) is 8.63. The molecule has 1 saturated carbocycles. The highest BCUT2D eigenvalue weighted by atomic mass is 16.2. The van der Waals surface area contributed by atoms with E-state index in [1.54, 1.807) is 0 Å². The molecule has 0 heterocycles. The summed E-state index contributed by atoms with van der Waals surface area (Å²) >= 11 is 0. The van der Waals surface area contributed by atoms with Crippen molar-refractivity contribution < 1.29 is 14.5 Å². The van der Waals surface area contributed by atoms with Crippen molar-refractivity contribution in [3.8, 4) is 0 Å². The zero-order valence-corrected chi connectivity index (χ0v) is 13.9. The highest BCUT2D eigenvalue weighted by Crippen LogP contribution is 2.19. The van der Waals surface area contributed by atoms with Crippen molar-refractivity contribution in [2.75, 3.05) is 20.1 Å². The molecule has 0 radical (unpaired) electrons. The smallest absolute Gasteiger partial charge is 0.278 e. The van der Waals surface area contributed by atoms with Crippen molar-refractivity contribution in [2.45, 2.75) is 64.0 Å². The van der Waals surface area contributed by atoms with E-state index in [1.165, 1.54) is 31.3 Å². The van der Waals surface area contributed by atoms with Gasteiger partial charge in [-0.2, -0.15) is 0 Å². The quantitative estimate of drug-likeness (QED) is 0.560. The fourth-order valence-electron chi connectivity index (χ4n) is 2.77. The molecule has 0 spiro atoms. The molecule has 0 aromatic carbocycles. The monoisotopic (exact) mass is 308 g/mol. The summed E-state index contributed by atoms with van der Waals surface area (Å²) in [7, 11) is 1.90. The first kappa shape index (κ1) is 17.0. The topological polar surface area (TPSA) is 62.6 Å². The van der Waals surface area contributed by atoms with Crippen molar-refractivity contribution in [3.05, 3.63) is 11.6 Å². The van der Waals surface area contributed by atoms with Crippen LogP contribution in [0.5, 0.6) is 0 Å². The van der Waals surface area contributed by atoms with Crippen molar-refractivity contribution in [3.63, 3.8) is 0 Å². The maximum atomic E-state index is 12.2. The third-order valence-electron chi connectivity index (χ3n) is 4.64. The molecule has 2 atom stereocenters. The lowest BCUT2D eigenvalue weighted by molar-refractivity contribution is -0.886. The number of hydrogen-bond donors (Lipinski definition) is 3. The Bertz CT molecular complexity index is 430. The minimum Gasteiger partial charge on any atom is -0.351 e. The van der Waals surface area contributed by atoms with Crippen molar-refractivity contribution in [1.82, 2.24) is 10.6 Å². The van der Waals surface area contributed by atoms with Crippen LogP contribution in [0.3, 0.4) is 0 Å². The number of carbonyl (C=O) groups excluding carboxylic acids is 2. The minimum atomic E-state index is -0.203. The Balaban J connectivity index is 1.64. The van der Waals surface area contributed by atoms with Crippen LogP contribution in [0.2, 0.25) is 0 Å². The summed E-state index contributed by atoms with van der Waals surface area (Å²) in [4.78, 5) is 24.9. The van der Waals surface area contributed by atoms with Crippen LogP contribution in [0.1, 0.15) is 51.9 Å². The number of hydrogen-bond acceptors (Lipinski definition) is 2. The zero-order valence-electron chi connectivity index (χ0n) is 13.9. The van der Waals surface area contributed by atoms with E-state index in [4.69, 9.17) is 0 Å². The molecule has 2 rings (SSSR count). The third kappa shape index (κ3) is 5.79. The summed E-state index contributed by atoms with van der Waals surface area (Å²) < 4.78 is 0. The Morgan fingerprint density at radius 2 is 2.14 bits per heavy atom. The van der Waals surface area contributed by atoms with E-state index in [0.717, 1.165) is 24.2 Å². The normalized spacial score (nSPS) is 20.7. The highest BCUT2D eigenvalue weighted by Gasteiger charge is 2.27. The predicted octanol–water partition coefficient (Wildman–Crippen LogP) is 0.175. The van der Waals surface area contributed by atoms with Crippen LogP contribution in [0.15, 0.2) is 11.6 Å². The van der Waals surface area contributed by atoms with Gasteiger partial charge in [0.25, 0.3) is 11.8 Å². The van der Waals surface area contributed by atoms with Gasteiger partial charge in [-0.3, -0.25) is 9.59 Å². The molecule has 0 saturated heterocycles. The number of likely N-dealkylation sites (N-methyl/N-ethyl adjacent to an activating group) is 1. The van der Waals surface area contributed by atoms with Crippen molar-refractivity contribution in [2.24, 2.45) is 0 Å². The van der Waals surface area contributed by atoms with Crippen LogP contribution in [-0.2, 0) is 9.59 Å². The fraction of sp³-hybridized carbons (Fsp3) is 0.765. The second-order valence-corrected chi connectivity index (χ2v) is 6.74. The van der Waals surface area contributed by atoms with E-state index in [0.29, 0.717) is 19.1 Å². The summed E-state index contributed by atoms with van der Waals surface area (Å²) in [6.07, 6.45) is 10.4. The maximum Gasteiger partial charge on any atom is 0.278 e. The molecule has 5 heteroatoms. The second-order valence-electron chi connectivity index (χ2n) is 6.74. The van der Waals surface area contributed by atoms with Gasteiger partial charge in [0.1, 0.15) is 0 Å². The molecule has 0 aliphatic heterocycles. The van der Waals surface area contributed by atoms with Gasteiger partial charge in [0.2, 0.25) is 0 Å². The lowest BCUT2D eigenvalue weighted by Gasteiger charge is -2.21. The van der Waals surface area contributed by atoms with E-state index < -0.39 is 0 Å². The number of carbonyl (C=O) groups is 2. The van der Waals surface area contributed by atoms with Gasteiger partial charge >= 0.3 is 0 Å². The molecule has 1 unspecified atom stereocenters. The van der Waals surface area contributed by atoms with Crippen molar-refractivity contribution in [1.29, 1.82) is 0 Å². The summed E-state index contributed by atoms with van der Waals surface area (Å²) in [5.41, 5.74) is 1.48. The molecule has 1 fully saturated rings. The summed E-state index contributed by atoms with van der Waals surface area (Å²) in [5.74, 6) is 0.0835. The van der Waals surface area contributed by atoms with E-state index in [-0.39, 0.29) is 17.9 Å². The first-order chi connectivity index (χ1) is 10.6. The van der Waals surface area contributed by atoms with Gasteiger partial charge < -0.3 is 15.5 Å². The maximum absolute atomic E-state index is 12.2. The number of quaternary nitrogens is 1. The van der Waals surface area contributed by atoms with Gasteiger partial charge in [-0.1, -0.05) is 11.6 Å². The second kappa shape index (κ2) is 8.32. The molecule has 3 N–H and O–H groups in total. The molecule has 5 nitrogen and oxygen atoms in total. The Morgan fingerprint density at radius 3 is 2.77 bits per heavy atom. The minimum absolute atomic E-state index is 0.0353. The molecule has 0 bridgehead atoms. The van der Waals surface area contributed by atoms with Crippen LogP contribution in [-0.4, -0.2) is 44.0 Å². The van der Waals surface area contributed by atoms with Gasteiger partial charge in [-0.25, -0.2) is 0 Å². The van der Waals surface area contributed by atoms with Crippen LogP contribution in [0.25, 0.3) is 0 Å². The molecule has 0 aromatic heterocycles. The first-order valence-corrected chi connectivity index (χ1v) is 8.63. The highest BCUT2D eigenvalue weighted by molar-refractivity contribution is 5.81. The number of amides is 2. The molecule has 0 aromatic rings. The molecule has 2 aliphatic carbocycles. The third-order valence-corrected chi connectivity index (χ3v) is 4.64. The largest absolute Gasteiger partial charge is 0.351 e. The fourth-order valence-corrected chi connectivity index (χ4v) is 2.77. The molecular formula is C17H30N3O2+. The zero-order chi connectivity index (χ0) is 15.9. The molecule has 22 heavy (non-hydrogen) atoms. The van der Waals surface area contributed by atoms with Crippen LogP contribution in [0.4, 0.5) is 0 Å². The Labute approximate surface area is 133 Å². The van der Waals surface area contributed by atoms with Crippen molar-refractivity contribution >= 4 is 11.8 Å².